The molecular weight excluding hydrogens is 299 g/mol. The monoisotopic (exact) mass is 312 g/mol. The van der Waals surface area contributed by atoms with Gasteiger partial charge in [0.1, 0.15) is 17.2 Å². The van der Waals surface area contributed by atoms with Gasteiger partial charge in [0.15, 0.2) is 0 Å². The lowest BCUT2D eigenvalue weighted by molar-refractivity contribution is 0.190. The summed E-state index contributed by atoms with van der Waals surface area (Å²) >= 11 is 11.9. The summed E-state index contributed by atoms with van der Waals surface area (Å²) in [4.78, 5) is 0. The van der Waals surface area contributed by atoms with Crippen LogP contribution in [0.4, 0.5) is 0 Å². The normalized spacial score (nSPS) is 12.1. The van der Waals surface area contributed by atoms with Crippen LogP contribution in [0.5, 0.6) is 17.2 Å². The SMILES string of the molecule is COc1cccc(Oc2cc(Cl)cc(Cl)c2)c1[C@@H](C)O. The van der Waals surface area contributed by atoms with Crippen molar-refractivity contribution in [1.82, 2.24) is 0 Å². The molecule has 0 unspecified atom stereocenters. The number of hydrogen-bond acceptors (Lipinski definition) is 3. The van der Waals surface area contributed by atoms with Gasteiger partial charge >= 0.3 is 0 Å². The highest BCUT2D eigenvalue weighted by molar-refractivity contribution is 6.34. The van der Waals surface area contributed by atoms with Gasteiger partial charge in [-0.1, -0.05) is 29.3 Å². The van der Waals surface area contributed by atoms with Gasteiger partial charge in [-0.3, -0.25) is 0 Å². The number of benzene rings is 2. The molecule has 0 aliphatic carbocycles. The predicted molar refractivity (Wildman–Crippen MR) is 80.2 cm³/mol. The summed E-state index contributed by atoms with van der Waals surface area (Å²) in [6, 6.07) is 10.2. The lowest BCUT2D eigenvalue weighted by Crippen LogP contribution is -2.00. The second-order valence-electron chi connectivity index (χ2n) is 4.26. The zero-order valence-electron chi connectivity index (χ0n) is 11.1. The second kappa shape index (κ2) is 6.35. The Kier molecular flexibility index (Phi) is 4.76. The Morgan fingerprint density at radius 3 is 2.20 bits per heavy atom. The van der Waals surface area contributed by atoms with Crippen molar-refractivity contribution < 1.29 is 14.6 Å². The van der Waals surface area contributed by atoms with Crippen LogP contribution in [0.15, 0.2) is 36.4 Å². The van der Waals surface area contributed by atoms with Gasteiger partial charge in [0.2, 0.25) is 0 Å². The van der Waals surface area contributed by atoms with Crippen LogP contribution in [0, 0.1) is 0 Å². The number of hydrogen-bond donors (Lipinski definition) is 1. The number of rotatable bonds is 4. The third kappa shape index (κ3) is 3.37. The average molecular weight is 313 g/mol. The molecule has 0 amide bonds. The first-order valence-corrected chi connectivity index (χ1v) is 6.75. The molecule has 2 aromatic carbocycles. The minimum absolute atomic E-state index is 0.481. The summed E-state index contributed by atoms with van der Waals surface area (Å²) in [5, 5.41) is 10.9. The summed E-state index contributed by atoms with van der Waals surface area (Å²) in [5.74, 6) is 1.56. The molecule has 0 fully saturated rings. The van der Waals surface area contributed by atoms with Crippen molar-refractivity contribution in [3.63, 3.8) is 0 Å². The van der Waals surface area contributed by atoms with Crippen molar-refractivity contribution in [2.75, 3.05) is 7.11 Å². The van der Waals surface area contributed by atoms with Crippen molar-refractivity contribution in [3.05, 3.63) is 52.0 Å². The third-order valence-corrected chi connectivity index (χ3v) is 3.16. The van der Waals surface area contributed by atoms with Gasteiger partial charge < -0.3 is 14.6 Å². The smallest absolute Gasteiger partial charge is 0.136 e. The standard InChI is InChI=1S/C15H14Cl2O3/c1-9(18)15-13(19-2)4-3-5-14(15)20-12-7-10(16)6-11(17)8-12/h3-9,18H,1-2H3/t9-/m1/s1. The average Bonchev–Trinajstić information content (AvgIpc) is 2.36. The maximum absolute atomic E-state index is 9.89. The van der Waals surface area contributed by atoms with Crippen molar-refractivity contribution in [2.45, 2.75) is 13.0 Å². The van der Waals surface area contributed by atoms with Crippen LogP contribution in [0.25, 0.3) is 0 Å². The van der Waals surface area contributed by atoms with E-state index in [2.05, 4.69) is 0 Å². The Balaban J connectivity index is 2.42. The minimum atomic E-state index is -0.726. The van der Waals surface area contributed by atoms with E-state index in [-0.39, 0.29) is 0 Å². The molecule has 0 spiro atoms. The molecule has 2 aromatic rings. The highest BCUT2D eigenvalue weighted by atomic mass is 35.5. The number of ether oxygens (including phenoxy) is 2. The number of halogens is 2. The Bertz CT molecular complexity index is 592. The van der Waals surface area contributed by atoms with Crippen LogP contribution in [0.2, 0.25) is 10.0 Å². The van der Waals surface area contributed by atoms with E-state index in [1.54, 1.807) is 50.4 Å². The summed E-state index contributed by atoms with van der Waals surface area (Å²) in [5.41, 5.74) is 0.575. The maximum Gasteiger partial charge on any atom is 0.136 e. The second-order valence-corrected chi connectivity index (χ2v) is 5.13. The van der Waals surface area contributed by atoms with Crippen LogP contribution >= 0.6 is 23.2 Å². The number of aliphatic hydroxyl groups excluding tert-OH is 1. The first-order chi connectivity index (χ1) is 9.51. The van der Waals surface area contributed by atoms with Gasteiger partial charge in [-0.2, -0.15) is 0 Å². The molecule has 106 valence electrons. The molecule has 0 heterocycles. The van der Waals surface area contributed by atoms with Gasteiger partial charge in [0.25, 0.3) is 0 Å². The lowest BCUT2D eigenvalue weighted by atomic mass is 10.1. The van der Waals surface area contributed by atoms with Gasteiger partial charge in [0, 0.05) is 10.0 Å². The van der Waals surface area contributed by atoms with E-state index in [4.69, 9.17) is 32.7 Å². The highest BCUT2D eigenvalue weighted by Gasteiger charge is 2.16. The lowest BCUT2D eigenvalue weighted by Gasteiger charge is -2.16. The Morgan fingerprint density at radius 2 is 1.65 bits per heavy atom. The van der Waals surface area contributed by atoms with Gasteiger partial charge in [0.05, 0.1) is 18.8 Å². The first kappa shape index (κ1) is 15.0. The number of methoxy groups -OCH3 is 1. The summed E-state index contributed by atoms with van der Waals surface area (Å²) in [6.07, 6.45) is -0.726. The summed E-state index contributed by atoms with van der Waals surface area (Å²) < 4.78 is 11.0. The highest BCUT2D eigenvalue weighted by Crippen LogP contribution is 2.37. The molecule has 2 rings (SSSR count). The van der Waals surface area contributed by atoms with Crippen LogP contribution in [-0.2, 0) is 0 Å². The van der Waals surface area contributed by atoms with Crippen molar-refractivity contribution in [2.24, 2.45) is 0 Å². The molecule has 1 N–H and O–H groups in total. The van der Waals surface area contributed by atoms with Gasteiger partial charge in [-0.25, -0.2) is 0 Å². The molecule has 20 heavy (non-hydrogen) atoms. The van der Waals surface area contributed by atoms with Crippen LogP contribution in [0.3, 0.4) is 0 Å². The zero-order chi connectivity index (χ0) is 14.7. The van der Waals surface area contributed by atoms with Crippen molar-refractivity contribution >= 4 is 23.2 Å². The summed E-state index contributed by atoms with van der Waals surface area (Å²) in [7, 11) is 1.54. The fourth-order valence-electron chi connectivity index (χ4n) is 1.92. The molecule has 0 saturated heterocycles. The van der Waals surface area contributed by atoms with E-state index < -0.39 is 6.10 Å². The van der Waals surface area contributed by atoms with Crippen molar-refractivity contribution in [3.8, 4) is 17.2 Å². The Labute approximate surface area is 127 Å². The molecule has 1 atom stereocenters. The molecule has 0 bridgehead atoms. The summed E-state index contributed by atoms with van der Waals surface area (Å²) in [6.45, 7) is 1.65. The van der Waals surface area contributed by atoms with E-state index in [0.29, 0.717) is 32.9 Å². The van der Waals surface area contributed by atoms with E-state index in [1.165, 1.54) is 0 Å². The van der Waals surface area contributed by atoms with Crippen LogP contribution in [0.1, 0.15) is 18.6 Å². The van der Waals surface area contributed by atoms with E-state index in [9.17, 15) is 5.11 Å². The molecule has 3 nitrogen and oxygen atoms in total. The van der Waals surface area contributed by atoms with E-state index in [1.807, 2.05) is 0 Å². The molecule has 5 heteroatoms. The van der Waals surface area contributed by atoms with Gasteiger partial charge in [-0.15, -0.1) is 0 Å². The van der Waals surface area contributed by atoms with Crippen LogP contribution in [-0.4, -0.2) is 12.2 Å². The van der Waals surface area contributed by atoms with Crippen molar-refractivity contribution in [1.29, 1.82) is 0 Å². The fraction of sp³-hybridized carbons (Fsp3) is 0.200. The molecular formula is C15H14Cl2O3. The minimum Gasteiger partial charge on any atom is -0.496 e. The first-order valence-electron chi connectivity index (χ1n) is 6.00. The van der Waals surface area contributed by atoms with E-state index >= 15 is 0 Å². The topological polar surface area (TPSA) is 38.7 Å². The molecule has 0 aromatic heterocycles. The molecule has 0 aliphatic rings. The Morgan fingerprint density at radius 1 is 1.05 bits per heavy atom. The quantitative estimate of drug-likeness (QED) is 0.877. The fourth-order valence-corrected chi connectivity index (χ4v) is 2.42. The number of aliphatic hydroxyl groups is 1. The molecule has 0 aliphatic heterocycles. The molecule has 0 saturated carbocycles. The molecule has 0 radical (unpaired) electrons. The van der Waals surface area contributed by atoms with Gasteiger partial charge in [-0.05, 0) is 37.3 Å². The zero-order valence-corrected chi connectivity index (χ0v) is 12.6. The predicted octanol–water partition coefficient (Wildman–Crippen LogP) is 4.85. The van der Waals surface area contributed by atoms with E-state index in [0.717, 1.165) is 0 Å². The van der Waals surface area contributed by atoms with Crippen LogP contribution < -0.4 is 9.47 Å². The Hall–Kier alpha value is -1.42. The largest absolute Gasteiger partial charge is 0.496 e. The third-order valence-electron chi connectivity index (χ3n) is 2.73. The maximum atomic E-state index is 9.89.